The molecule has 0 bridgehead atoms. The highest BCUT2D eigenvalue weighted by molar-refractivity contribution is 6.02. The Kier molecular flexibility index (Phi) is 5.31. The largest absolute Gasteiger partial charge is 0.477 e. The molecule has 7 heteroatoms. The molecule has 0 spiro atoms. The van der Waals surface area contributed by atoms with E-state index in [-0.39, 0.29) is 17.4 Å². The number of carbonyl (C=O) groups is 2. The smallest absolute Gasteiger partial charge is 0.354 e. The van der Waals surface area contributed by atoms with Gasteiger partial charge in [0.1, 0.15) is 0 Å². The van der Waals surface area contributed by atoms with Gasteiger partial charge in [-0.25, -0.2) is 9.78 Å². The zero-order valence-electron chi connectivity index (χ0n) is 10.4. The van der Waals surface area contributed by atoms with Crippen molar-refractivity contribution >= 4 is 11.9 Å². The van der Waals surface area contributed by atoms with Gasteiger partial charge < -0.3 is 20.1 Å². The first-order chi connectivity index (χ1) is 8.60. The molecule has 18 heavy (non-hydrogen) atoms. The number of aromatic nitrogens is 2. The van der Waals surface area contributed by atoms with Gasteiger partial charge in [0.15, 0.2) is 11.4 Å². The van der Waals surface area contributed by atoms with Gasteiger partial charge in [0, 0.05) is 7.11 Å². The number of aromatic carboxylic acids is 1. The number of carbonyl (C=O) groups excluding carboxylic acids is 1. The number of nitrogens with one attached hydrogen (secondary N) is 2. The minimum absolute atomic E-state index is 0.111. The summed E-state index contributed by atoms with van der Waals surface area (Å²) in [6.07, 6.45) is 2.83. The third kappa shape index (κ3) is 3.56. The van der Waals surface area contributed by atoms with Crippen molar-refractivity contribution in [1.82, 2.24) is 15.3 Å². The average Bonchev–Trinajstić information content (AvgIpc) is 2.78. The molecule has 1 rings (SSSR count). The monoisotopic (exact) mass is 255 g/mol. The van der Waals surface area contributed by atoms with E-state index < -0.39 is 11.9 Å². The molecule has 1 atom stereocenters. The highest BCUT2D eigenvalue weighted by Crippen LogP contribution is 2.05. The van der Waals surface area contributed by atoms with E-state index in [1.54, 1.807) is 7.11 Å². The number of carboxylic acid groups (broad SMARTS) is 1. The number of imidazole rings is 1. The van der Waals surface area contributed by atoms with Crippen molar-refractivity contribution in [1.29, 1.82) is 0 Å². The van der Waals surface area contributed by atoms with Crippen molar-refractivity contribution in [3.05, 3.63) is 17.7 Å². The van der Waals surface area contributed by atoms with Crippen LogP contribution in [-0.4, -0.2) is 46.7 Å². The number of hydrogen-bond acceptors (Lipinski definition) is 4. The Morgan fingerprint density at radius 3 is 2.89 bits per heavy atom. The second-order valence-electron chi connectivity index (χ2n) is 3.85. The first-order valence-corrected chi connectivity index (χ1v) is 5.66. The lowest BCUT2D eigenvalue weighted by Crippen LogP contribution is -2.38. The van der Waals surface area contributed by atoms with Crippen LogP contribution < -0.4 is 5.32 Å². The lowest BCUT2D eigenvalue weighted by molar-refractivity contribution is 0.0683. The number of ether oxygens (including phenoxy) is 1. The van der Waals surface area contributed by atoms with E-state index in [0.717, 1.165) is 12.8 Å². The minimum Gasteiger partial charge on any atom is -0.477 e. The third-order valence-electron chi connectivity index (χ3n) is 2.41. The summed E-state index contributed by atoms with van der Waals surface area (Å²) >= 11 is 0. The Morgan fingerprint density at radius 1 is 1.61 bits per heavy atom. The summed E-state index contributed by atoms with van der Waals surface area (Å²) in [5.41, 5.74) is -0.320. The second-order valence-corrected chi connectivity index (χ2v) is 3.85. The second kappa shape index (κ2) is 6.75. The van der Waals surface area contributed by atoms with Crippen LogP contribution >= 0.6 is 0 Å². The minimum atomic E-state index is -1.21. The number of hydrogen-bond donors (Lipinski definition) is 3. The number of nitrogens with zero attached hydrogens (tertiary/aromatic N) is 1. The van der Waals surface area contributed by atoms with E-state index in [9.17, 15) is 9.59 Å². The van der Waals surface area contributed by atoms with Crippen molar-refractivity contribution in [3.63, 3.8) is 0 Å². The van der Waals surface area contributed by atoms with E-state index in [1.165, 1.54) is 6.33 Å². The summed E-state index contributed by atoms with van der Waals surface area (Å²) in [5, 5.41) is 11.6. The van der Waals surface area contributed by atoms with Crippen LogP contribution in [0.3, 0.4) is 0 Å². The van der Waals surface area contributed by atoms with Crippen LogP contribution in [0, 0.1) is 0 Å². The molecule has 7 nitrogen and oxygen atoms in total. The Hall–Kier alpha value is -1.89. The summed E-state index contributed by atoms with van der Waals surface area (Å²) in [6, 6.07) is -0.147. The summed E-state index contributed by atoms with van der Waals surface area (Å²) in [5.74, 6) is -1.72. The predicted octanol–water partition coefficient (Wildman–Crippen LogP) is 0.653. The zero-order valence-corrected chi connectivity index (χ0v) is 10.4. The Bertz CT molecular complexity index is 410. The van der Waals surface area contributed by atoms with Gasteiger partial charge in [-0.05, 0) is 6.42 Å². The van der Waals surface area contributed by atoms with Crippen molar-refractivity contribution in [3.8, 4) is 0 Å². The zero-order chi connectivity index (χ0) is 13.5. The molecule has 1 unspecified atom stereocenters. The van der Waals surface area contributed by atoms with Crippen LogP contribution in [-0.2, 0) is 4.74 Å². The fourth-order valence-electron chi connectivity index (χ4n) is 1.63. The Labute approximate surface area is 105 Å². The number of amides is 1. The highest BCUT2D eigenvalue weighted by atomic mass is 16.5. The first kappa shape index (κ1) is 14.2. The van der Waals surface area contributed by atoms with Crippen molar-refractivity contribution in [2.45, 2.75) is 25.8 Å². The molecule has 0 aliphatic carbocycles. The molecule has 0 aliphatic heterocycles. The molecule has 0 saturated carbocycles. The SMILES string of the molecule is CCCC(COC)NC(=O)c1nc[nH]c1C(=O)O. The molecule has 100 valence electrons. The maximum Gasteiger partial charge on any atom is 0.354 e. The molecule has 1 amide bonds. The molecule has 1 aromatic heterocycles. The van der Waals surface area contributed by atoms with Gasteiger partial charge in [0.2, 0.25) is 0 Å². The maximum atomic E-state index is 11.9. The van der Waals surface area contributed by atoms with Crippen LogP contribution in [0.5, 0.6) is 0 Å². The number of rotatable bonds is 7. The van der Waals surface area contributed by atoms with Gasteiger partial charge in [-0.2, -0.15) is 0 Å². The standard InChI is InChI=1S/C11H17N3O4/c1-3-4-7(5-18-2)14-10(15)8-9(11(16)17)13-6-12-8/h6-7H,3-5H2,1-2H3,(H,12,13)(H,14,15)(H,16,17). The summed E-state index contributed by atoms with van der Waals surface area (Å²) in [6.45, 7) is 2.37. The first-order valence-electron chi connectivity index (χ1n) is 5.66. The topological polar surface area (TPSA) is 104 Å². The van der Waals surface area contributed by atoms with Gasteiger partial charge in [-0.1, -0.05) is 13.3 Å². The van der Waals surface area contributed by atoms with E-state index in [2.05, 4.69) is 15.3 Å². The van der Waals surface area contributed by atoms with Crippen LogP contribution in [0.1, 0.15) is 40.7 Å². The number of carboxylic acids is 1. The Morgan fingerprint density at radius 2 is 2.33 bits per heavy atom. The molecule has 1 heterocycles. The lowest BCUT2D eigenvalue weighted by Gasteiger charge is -2.16. The van der Waals surface area contributed by atoms with Crippen LogP contribution in [0.2, 0.25) is 0 Å². The van der Waals surface area contributed by atoms with Crippen molar-refractivity contribution in [2.24, 2.45) is 0 Å². The van der Waals surface area contributed by atoms with E-state index in [1.807, 2.05) is 6.92 Å². The normalized spacial score (nSPS) is 12.1. The molecule has 0 saturated heterocycles. The molecule has 0 radical (unpaired) electrons. The van der Waals surface area contributed by atoms with Crippen LogP contribution in [0.25, 0.3) is 0 Å². The van der Waals surface area contributed by atoms with Crippen molar-refractivity contribution in [2.75, 3.05) is 13.7 Å². The third-order valence-corrected chi connectivity index (χ3v) is 2.41. The van der Waals surface area contributed by atoms with Gasteiger partial charge in [-0.15, -0.1) is 0 Å². The van der Waals surface area contributed by atoms with Gasteiger partial charge in [-0.3, -0.25) is 4.79 Å². The van der Waals surface area contributed by atoms with Crippen LogP contribution in [0.15, 0.2) is 6.33 Å². The summed E-state index contributed by atoms with van der Waals surface area (Å²) in [7, 11) is 1.55. The van der Waals surface area contributed by atoms with E-state index in [0.29, 0.717) is 6.61 Å². The fourth-order valence-corrected chi connectivity index (χ4v) is 1.63. The molecular weight excluding hydrogens is 238 g/mol. The highest BCUT2D eigenvalue weighted by Gasteiger charge is 2.21. The predicted molar refractivity (Wildman–Crippen MR) is 63.6 cm³/mol. The number of H-pyrrole nitrogens is 1. The molecule has 0 aromatic carbocycles. The number of methoxy groups -OCH3 is 1. The van der Waals surface area contributed by atoms with Gasteiger partial charge >= 0.3 is 5.97 Å². The Balaban J connectivity index is 2.74. The molecule has 1 aromatic rings. The number of aromatic amines is 1. The lowest BCUT2D eigenvalue weighted by atomic mass is 10.1. The van der Waals surface area contributed by atoms with Gasteiger partial charge in [0.25, 0.3) is 5.91 Å². The quantitative estimate of drug-likeness (QED) is 0.663. The average molecular weight is 255 g/mol. The maximum absolute atomic E-state index is 11.9. The van der Waals surface area contributed by atoms with Crippen LogP contribution in [0.4, 0.5) is 0 Å². The molecular formula is C11H17N3O4. The molecule has 3 N–H and O–H groups in total. The van der Waals surface area contributed by atoms with Gasteiger partial charge in [0.05, 0.1) is 19.0 Å². The summed E-state index contributed by atoms with van der Waals surface area (Å²) in [4.78, 5) is 28.9. The van der Waals surface area contributed by atoms with E-state index >= 15 is 0 Å². The summed E-state index contributed by atoms with van der Waals surface area (Å²) < 4.78 is 4.99. The van der Waals surface area contributed by atoms with E-state index in [4.69, 9.17) is 9.84 Å². The fraction of sp³-hybridized carbons (Fsp3) is 0.545. The molecule has 0 fully saturated rings. The molecule has 0 aliphatic rings. The van der Waals surface area contributed by atoms with Crippen molar-refractivity contribution < 1.29 is 19.4 Å².